The smallest absolute Gasteiger partial charge is 0.410 e. The van der Waals surface area contributed by atoms with E-state index >= 15 is 0 Å². The van der Waals surface area contributed by atoms with Gasteiger partial charge in [0.15, 0.2) is 17.3 Å². The molecule has 0 saturated carbocycles. The van der Waals surface area contributed by atoms with Gasteiger partial charge in [-0.05, 0) is 56.4 Å². The molecule has 0 radical (unpaired) electrons. The van der Waals surface area contributed by atoms with Crippen LogP contribution in [-0.4, -0.2) is 35.5 Å². The summed E-state index contributed by atoms with van der Waals surface area (Å²) in [6.07, 6.45) is 0.668. The van der Waals surface area contributed by atoms with Crippen molar-refractivity contribution in [1.29, 1.82) is 0 Å². The maximum atomic E-state index is 13.3. The van der Waals surface area contributed by atoms with Crippen LogP contribution in [0.1, 0.15) is 55.1 Å². The van der Waals surface area contributed by atoms with Crippen LogP contribution in [0.2, 0.25) is 5.02 Å². The lowest BCUT2D eigenvalue weighted by Crippen LogP contribution is -2.35. The van der Waals surface area contributed by atoms with Crippen molar-refractivity contribution in [2.24, 2.45) is 5.92 Å². The Balaban J connectivity index is 1.48. The van der Waals surface area contributed by atoms with Crippen LogP contribution in [0.4, 0.5) is 4.79 Å². The molecule has 38 heavy (non-hydrogen) atoms. The van der Waals surface area contributed by atoms with Crippen molar-refractivity contribution in [3.63, 3.8) is 0 Å². The number of nitrogens with zero attached hydrogens (tertiary/aromatic N) is 1. The molecule has 1 saturated heterocycles. The number of carbonyl (C=O) groups is 2. The fourth-order valence-electron chi connectivity index (χ4n) is 4.33. The van der Waals surface area contributed by atoms with Crippen molar-refractivity contribution >= 4 is 23.5 Å². The number of likely N-dealkylation sites (tertiary alicyclic amines) is 1. The molecule has 6 nitrogen and oxygen atoms in total. The monoisotopic (exact) mass is 535 g/mol. The zero-order valence-electron chi connectivity index (χ0n) is 22.1. The Labute approximate surface area is 229 Å². The molecule has 1 fully saturated rings. The van der Waals surface area contributed by atoms with Crippen molar-refractivity contribution < 1.29 is 23.8 Å². The first kappa shape index (κ1) is 27.5. The molecule has 7 heteroatoms. The summed E-state index contributed by atoms with van der Waals surface area (Å²) < 4.78 is 17.7. The van der Waals surface area contributed by atoms with E-state index in [2.05, 4.69) is 0 Å². The molecule has 1 atom stereocenters. The molecular weight excluding hydrogens is 502 g/mol. The normalized spacial score (nSPS) is 15.3. The Bertz CT molecular complexity index is 1240. The summed E-state index contributed by atoms with van der Waals surface area (Å²) in [5.74, 6) is 0.765. The Morgan fingerprint density at radius 1 is 0.895 bits per heavy atom. The van der Waals surface area contributed by atoms with Crippen molar-refractivity contribution in [2.75, 3.05) is 13.1 Å². The number of rotatable bonds is 9. The molecule has 1 aliphatic heterocycles. The van der Waals surface area contributed by atoms with Crippen LogP contribution in [0.25, 0.3) is 0 Å². The summed E-state index contributed by atoms with van der Waals surface area (Å²) in [7, 11) is 0. The second-order valence-corrected chi connectivity index (χ2v) is 10.9. The first-order valence-electron chi connectivity index (χ1n) is 12.9. The van der Waals surface area contributed by atoms with Crippen molar-refractivity contribution in [3.05, 3.63) is 94.5 Å². The highest BCUT2D eigenvalue weighted by molar-refractivity contribution is 6.35. The zero-order valence-corrected chi connectivity index (χ0v) is 22.9. The second kappa shape index (κ2) is 12.4. The molecule has 3 aromatic rings. The van der Waals surface area contributed by atoms with Crippen LogP contribution >= 0.6 is 11.6 Å². The highest BCUT2D eigenvalue weighted by atomic mass is 35.5. The molecular formula is C31H34ClNO5. The van der Waals surface area contributed by atoms with E-state index in [-0.39, 0.29) is 35.8 Å². The summed E-state index contributed by atoms with van der Waals surface area (Å²) in [4.78, 5) is 27.4. The van der Waals surface area contributed by atoms with Gasteiger partial charge in [-0.15, -0.1) is 0 Å². The van der Waals surface area contributed by atoms with Gasteiger partial charge in [0.05, 0.1) is 5.02 Å². The van der Waals surface area contributed by atoms with Crippen LogP contribution in [0, 0.1) is 5.92 Å². The third kappa shape index (κ3) is 7.51. The predicted molar refractivity (Wildman–Crippen MR) is 148 cm³/mol. The number of amides is 1. The van der Waals surface area contributed by atoms with E-state index in [1.807, 2.05) is 81.4 Å². The molecule has 0 bridgehead atoms. The van der Waals surface area contributed by atoms with E-state index in [1.165, 1.54) is 0 Å². The number of ketones is 1. The average molecular weight is 536 g/mol. The largest absolute Gasteiger partial charge is 0.485 e. The van der Waals surface area contributed by atoms with Gasteiger partial charge in [-0.25, -0.2) is 4.79 Å². The SMILES string of the molecule is CC(C)(C)OC(=O)N1CC[C@@H](CC(=O)c2ccc(OCc3ccccc3)c(OCc3ccccc3)c2Cl)C1. The van der Waals surface area contributed by atoms with Gasteiger partial charge in [0, 0.05) is 25.1 Å². The van der Waals surface area contributed by atoms with E-state index in [1.54, 1.807) is 17.0 Å². The van der Waals surface area contributed by atoms with Crippen molar-refractivity contribution in [2.45, 2.75) is 52.4 Å². The highest BCUT2D eigenvalue weighted by Gasteiger charge is 2.32. The fourth-order valence-corrected chi connectivity index (χ4v) is 4.65. The summed E-state index contributed by atoms with van der Waals surface area (Å²) in [6.45, 7) is 7.20. The van der Waals surface area contributed by atoms with Crippen LogP contribution in [0.3, 0.4) is 0 Å². The molecule has 0 aromatic heterocycles. The van der Waals surface area contributed by atoms with Gasteiger partial charge in [0.1, 0.15) is 18.8 Å². The summed E-state index contributed by atoms with van der Waals surface area (Å²) in [5, 5.41) is 0.235. The summed E-state index contributed by atoms with van der Waals surface area (Å²) >= 11 is 6.78. The molecule has 1 amide bonds. The van der Waals surface area contributed by atoms with E-state index in [4.69, 9.17) is 25.8 Å². The fraction of sp³-hybridized carbons (Fsp3) is 0.355. The lowest BCUT2D eigenvalue weighted by atomic mass is 9.97. The lowest BCUT2D eigenvalue weighted by molar-refractivity contribution is 0.0286. The number of halogens is 1. The minimum absolute atomic E-state index is 0.0359. The first-order chi connectivity index (χ1) is 18.2. The Kier molecular flexibility index (Phi) is 8.95. The molecule has 0 N–H and O–H groups in total. The Hall–Kier alpha value is -3.51. The van der Waals surface area contributed by atoms with Crippen LogP contribution in [-0.2, 0) is 18.0 Å². The first-order valence-corrected chi connectivity index (χ1v) is 13.2. The maximum Gasteiger partial charge on any atom is 0.410 e. The van der Waals surface area contributed by atoms with E-state index in [0.29, 0.717) is 36.8 Å². The van der Waals surface area contributed by atoms with Crippen LogP contribution in [0.15, 0.2) is 72.8 Å². The number of hydrogen-bond donors (Lipinski definition) is 0. The molecule has 0 spiro atoms. The summed E-state index contributed by atoms with van der Waals surface area (Å²) in [6, 6.07) is 23.0. The minimum atomic E-state index is -0.557. The van der Waals surface area contributed by atoms with Gasteiger partial charge in [0.2, 0.25) is 0 Å². The van der Waals surface area contributed by atoms with E-state index < -0.39 is 5.60 Å². The molecule has 0 aliphatic carbocycles. The van der Waals surface area contributed by atoms with Gasteiger partial charge >= 0.3 is 6.09 Å². The highest BCUT2D eigenvalue weighted by Crippen LogP contribution is 2.40. The molecule has 1 aliphatic rings. The molecule has 4 rings (SSSR count). The van der Waals surface area contributed by atoms with E-state index in [9.17, 15) is 9.59 Å². The number of ether oxygens (including phenoxy) is 3. The topological polar surface area (TPSA) is 65.1 Å². The second-order valence-electron chi connectivity index (χ2n) is 10.5. The van der Waals surface area contributed by atoms with Crippen LogP contribution < -0.4 is 9.47 Å². The summed E-state index contributed by atoms with van der Waals surface area (Å²) in [5.41, 5.74) is 1.81. The van der Waals surface area contributed by atoms with Crippen molar-refractivity contribution in [1.82, 2.24) is 4.90 Å². The number of carbonyl (C=O) groups excluding carboxylic acids is 2. The van der Waals surface area contributed by atoms with Gasteiger partial charge in [-0.1, -0.05) is 72.3 Å². The molecule has 3 aromatic carbocycles. The molecule has 1 heterocycles. The van der Waals surface area contributed by atoms with Gasteiger partial charge in [-0.3, -0.25) is 4.79 Å². The standard InChI is InChI=1S/C31H34ClNO5/c1-31(2,3)38-30(35)33-17-16-24(19-33)18-26(34)25-14-15-27(36-20-22-10-6-4-7-11-22)29(28(25)32)37-21-23-12-8-5-9-13-23/h4-15,24H,16-21H2,1-3H3/t24-/m0/s1. The van der Waals surface area contributed by atoms with Gasteiger partial charge in [-0.2, -0.15) is 0 Å². The van der Waals surface area contributed by atoms with Gasteiger partial charge < -0.3 is 19.1 Å². The lowest BCUT2D eigenvalue weighted by Gasteiger charge is -2.24. The number of hydrogen-bond acceptors (Lipinski definition) is 5. The maximum absolute atomic E-state index is 13.3. The average Bonchev–Trinajstić information content (AvgIpc) is 3.36. The van der Waals surface area contributed by atoms with Crippen LogP contribution in [0.5, 0.6) is 11.5 Å². The predicted octanol–water partition coefficient (Wildman–Crippen LogP) is 7.33. The molecule has 200 valence electrons. The third-order valence-electron chi connectivity index (χ3n) is 6.24. The number of Topliss-reactive ketones (excluding diaryl/α,β-unsaturated/α-hetero) is 1. The minimum Gasteiger partial charge on any atom is -0.485 e. The third-order valence-corrected chi connectivity index (χ3v) is 6.61. The Morgan fingerprint density at radius 3 is 2.11 bits per heavy atom. The quantitative estimate of drug-likeness (QED) is 0.268. The van der Waals surface area contributed by atoms with E-state index in [0.717, 1.165) is 17.5 Å². The number of benzene rings is 3. The van der Waals surface area contributed by atoms with Gasteiger partial charge in [0.25, 0.3) is 0 Å². The molecule has 0 unspecified atom stereocenters. The van der Waals surface area contributed by atoms with Crippen molar-refractivity contribution in [3.8, 4) is 11.5 Å². The Morgan fingerprint density at radius 2 is 1.50 bits per heavy atom. The zero-order chi connectivity index (χ0) is 27.1.